The second-order valence-electron chi connectivity index (χ2n) is 3.62. The molecule has 1 heterocycles. The van der Waals surface area contributed by atoms with E-state index >= 15 is 0 Å². The Bertz CT molecular complexity index is 513. The van der Waals surface area contributed by atoms with E-state index < -0.39 is 0 Å². The maximum atomic E-state index is 11.5. The molecule has 5 nitrogen and oxygen atoms in total. The number of H-pyrrole nitrogens is 1. The van der Waals surface area contributed by atoms with Gasteiger partial charge in [0.05, 0.1) is 17.3 Å². The van der Waals surface area contributed by atoms with Crippen molar-refractivity contribution in [1.82, 2.24) is 10.2 Å². The number of amides is 1. The number of carbonyl (C=O) groups excluding carboxylic acids is 1. The summed E-state index contributed by atoms with van der Waals surface area (Å²) in [5, 5.41) is 9.08. The van der Waals surface area contributed by atoms with Crippen molar-refractivity contribution in [3.63, 3.8) is 0 Å². The van der Waals surface area contributed by atoms with Crippen molar-refractivity contribution in [3.8, 4) is 0 Å². The molecule has 0 saturated heterocycles. The second-order valence-corrected chi connectivity index (χ2v) is 4.47. The van der Waals surface area contributed by atoms with E-state index in [4.69, 9.17) is 4.74 Å². The van der Waals surface area contributed by atoms with Gasteiger partial charge < -0.3 is 10.1 Å². The number of benzene rings is 1. The lowest BCUT2D eigenvalue weighted by Crippen LogP contribution is -2.18. The van der Waals surface area contributed by atoms with Gasteiger partial charge in [0, 0.05) is 0 Å². The molecule has 2 rings (SSSR count). The zero-order chi connectivity index (χ0) is 12.8. The van der Waals surface area contributed by atoms with Crippen LogP contribution in [0.1, 0.15) is 5.56 Å². The van der Waals surface area contributed by atoms with E-state index in [1.54, 1.807) is 6.20 Å². The normalized spacial score (nSPS) is 10.3. The lowest BCUT2D eigenvalue weighted by molar-refractivity contribution is -0.121. The van der Waals surface area contributed by atoms with Crippen molar-refractivity contribution in [3.05, 3.63) is 46.6 Å². The Balaban J connectivity index is 1.74. The number of anilines is 1. The number of rotatable bonds is 5. The Morgan fingerprint density at radius 3 is 2.83 bits per heavy atom. The first-order valence-corrected chi connectivity index (χ1v) is 6.15. The average molecular weight is 310 g/mol. The Morgan fingerprint density at radius 1 is 1.39 bits per heavy atom. The number of hydrogen-bond donors (Lipinski definition) is 2. The first-order valence-electron chi connectivity index (χ1n) is 5.36. The van der Waals surface area contributed by atoms with Crippen LogP contribution in [0.25, 0.3) is 0 Å². The molecule has 6 heteroatoms. The van der Waals surface area contributed by atoms with Crippen LogP contribution in [-0.2, 0) is 16.1 Å². The second kappa shape index (κ2) is 6.32. The van der Waals surface area contributed by atoms with Crippen LogP contribution in [0.5, 0.6) is 0 Å². The Labute approximate surface area is 113 Å². The van der Waals surface area contributed by atoms with Gasteiger partial charge in [-0.2, -0.15) is 5.10 Å². The molecule has 0 radical (unpaired) electrons. The molecule has 2 N–H and O–H groups in total. The molecule has 2 aromatic rings. The Morgan fingerprint density at radius 2 is 2.17 bits per heavy atom. The fraction of sp³-hybridized carbons (Fsp3) is 0.167. The Hall–Kier alpha value is -1.66. The van der Waals surface area contributed by atoms with Gasteiger partial charge in [0.2, 0.25) is 0 Å². The summed E-state index contributed by atoms with van der Waals surface area (Å²) in [6.07, 6.45) is 1.57. The molecule has 0 aliphatic rings. The predicted molar refractivity (Wildman–Crippen MR) is 71.0 cm³/mol. The minimum absolute atomic E-state index is 0.000351. The topological polar surface area (TPSA) is 67.0 Å². The van der Waals surface area contributed by atoms with Crippen molar-refractivity contribution in [2.45, 2.75) is 6.61 Å². The first-order chi connectivity index (χ1) is 8.75. The molecule has 0 fully saturated rings. The van der Waals surface area contributed by atoms with Crippen LogP contribution in [0.15, 0.2) is 41.0 Å². The Kier molecular flexibility index (Phi) is 4.49. The van der Waals surface area contributed by atoms with Crippen LogP contribution in [-0.4, -0.2) is 22.7 Å². The number of hydrogen-bond acceptors (Lipinski definition) is 3. The van der Waals surface area contributed by atoms with Gasteiger partial charge in [0.25, 0.3) is 5.91 Å². The van der Waals surface area contributed by atoms with Gasteiger partial charge in [-0.05, 0) is 21.5 Å². The van der Waals surface area contributed by atoms with Gasteiger partial charge >= 0.3 is 0 Å². The van der Waals surface area contributed by atoms with Crippen molar-refractivity contribution in [2.75, 3.05) is 11.9 Å². The average Bonchev–Trinajstić information content (AvgIpc) is 2.76. The summed E-state index contributed by atoms with van der Waals surface area (Å²) < 4.78 is 6.02. The van der Waals surface area contributed by atoms with E-state index in [0.29, 0.717) is 16.9 Å². The minimum atomic E-state index is -0.226. The van der Waals surface area contributed by atoms with Gasteiger partial charge in [-0.15, -0.1) is 0 Å². The third kappa shape index (κ3) is 3.68. The third-order valence-electron chi connectivity index (χ3n) is 2.20. The van der Waals surface area contributed by atoms with Crippen LogP contribution in [0, 0.1) is 0 Å². The predicted octanol–water partition coefficient (Wildman–Crippen LogP) is 2.33. The van der Waals surface area contributed by atoms with Gasteiger partial charge in [0.1, 0.15) is 12.4 Å². The van der Waals surface area contributed by atoms with Crippen LogP contribution in [0.3, 0.4) is 0 Å². The molecule has 0 aliphatic heterocycles. The molecule has 0 spiro atoms. The molecule has 1 aromatic heterocycles. The van der Waals surface area contributed by atoms with Crippen LogP contribution in [0.4, 0.5) is 5.82 Å². The summed E-state index contributed by atoms with van der Waals surface area (Å²) in [5.74, 6) is 0.305. The molecule has 1 amide bonds. The minimum Gasteiger partial charge on any atom is -0.367 e. The molecule has 0 atom stereocenters. The van der Waals surface area contributed by atoms with Gasteiger partial charge in [-0.25, -0.2) is 0 Å². The van der Waals surface area contributed by atoms with Crippen molar-refractivity contribution >= 4 is 27.7 Å². The highest BCUT2D eigenvalue weighted by molar-refractivity contribution is 9.10. The van der Waals surface area contributed by atoms with E-state index in [1.165, 1.54) is 0 Å². The maximum absolute atomic E-state index is 11.5. The fourth-order valence-corrected chi connectivity index (χ4v) is 1.66. The standard InChI is InChI=1S/C12H12BrN3O2/c13-10-6-14-16-12(10)15-11(17)8-18-7-9-4-2-1-3-5-9/h1-6H,7-8H2,(H2,14,15,16,17). The van der Waals surface area contributed by atoms with E-state index in [2.05, 4.69) is 31.4 Å². The maximum Gasteiger partial charge on any atom is 0.251 e. The number of nitrogens with one attached hydrogen (secondary N) is 2. The number of aromatic nitrogens is 2. The lowest BCUT2D eigenvalue weighted by atomic mass is 10.2. The SMILES string of the molecule is O=C(COCc1ccccc1)Nc1[nH]ncc1Br. The van der Waals surface area contributed by atoms with Gasteiger partial charge in [-0.1, -0.05) is 30.3 Å². The third-order valence-corrected chi connectivity index (χ3v) is 2.80. The highest BCUT2D eigenvalue weighted by Gasteiger charge is 2.07. The number of nitrogens with zero attached hydrogens (tertiary/aromatic N) is 1. The summed E-state index contributed by atoms with van der Waals surface area (Å²) >= 11 is 3.25. The number of carbonyl (C=O) groups is 1. The summed E-state index contributed by atoms with van der Waals surface area (Å²) in [4.78, 5) is 11.5. The molecule has 1 aromatic carbocycles. The van der Waals surface area contributed by atoms with Crippen LogP contribution >= 0.6 is 15.9 Å². The highest BCUT2D eigenvalue weighted by Crippen LogP contribution is 2.17. The van der Waals surface area contributed by atoms with Crippen LogP contribution < -0.4 is 5.32 Å². The monoisotopic (exact) mass is 309 g/mol. The molecule has 0 saturated carbocycles. The van der Waals surface area contributed by atoms with Gasteiger partial charge in [-0.3, -0.25) is 9.89 Å². The summed E-state index contributed by atoms with van der Waals surface area (Å²) in [6.45, 7) is 0.415. The smallest absolute Gasteiger partial charge is 0.251 e. The van der Waals surface area contributed by atoms with Crippen molar-refractivity contribution in [2.24, 2.45) is 0 Å². The van der Waals surface area contributed by atoms with Gasteiger partial charge in [0.15, 0.2) is 0 Å². The molecule has 0 aliphatic carbocycles. The number of halogens is 1. The van der Waals surface area contributed by atoms with E-state index in [-0.39, 0.29) is 12.5 Å². The summed E-state index contributed by atoms with van der Waals surface area (Å²) in [7, 11) is 0. The number of ether oxygens (including phenoxy) is 1. The molecular weight excluding hydrogens is 298 g/mol. The summed E-state index contributed by atoms with van der Waals surface area (Å²) in [6, 6.07) is 9.69. The molecule has 0 bridgehead atoms. The van der Waals surface area contributed by atoms with Crippen molar-refractivity contribution < 1.29 is 9.53 Å². The zero-order valence-electron chi connectivity index (χ0n) is 9.52. The fourth-order valence-electron chi connectivity index (χ4n) is 1.37. The van der Waals surface area contributed by atoms with Crippen LogP contribution in [0.2, 0.25) is 0 Å². The quantitative estimate of drug-likeness (QED) is 0.890. The largest absolute Gasteiger partial charge is 0.367 e. The number of aromatic amines is 1. The van der Waals surface area contributed by atoms with E-state index in [1.807, 2.05) is 30.3 Å². The molecule has 0 unspecified atom stereocenters. The van der Waals surface area contributed by atoms with Crippen molar-refractivity contribution in [1.29, 1.82) is 0 Å². The zero-order valence-corrected chi connectivity index (χ0v) is 11.1. The molecule has 18 heavy (non-hydrogen) atoms. The lowest BCUT2D eigenvalue weighted by Gasteiger charge is -2.05. The highest BCUT2D eigenvalue weighted by atomic mass is 79.9. The van der Waals surface area contributed by atoms with E-state index in [0.717, 1.165) is 5.56 Å². The van der Waals surface area contributed by atoms with E-state index in [9.17, 15) is 4.79 Å². The molecule has 94 valence electrons. The first kappa shape index (κ1) is 12.8. The molecular formula is C12H12BrN3O2. The summed E-state index contributed by atoms with van der Waals surface area (Å²) in [5.41, 5.74) is 1.04.